The highest BCUT2D eigenvalue weighted by Crippen LogP contribution is 2.22. The Balaban J connectivity index is 2.81. The summed E-state index contributed by atoms with van der Waals surface area (Å²) < 4.78 is 2.94. The lowest BCUT2D eigenvalue weighted by Gasteiger charge is -2.19. The van der Waals surface area contributed by atoms with E-state index in [1.54, 1.807) is 7.05 Å². The highest BCUT2D eigenvalue weighted by Gasteiger charge is 2.16. The SMILES string of the molecule is CCc1nn(C)c(CN(CC)CC(=O)NC)c1Br. The highest BCUT2D eigenvalue weighted by atomic mass is 79.9. The van der Waals surface area contributed by atoms with Crippen LogP contribution in [0.5, 0.6) is 0 Å². The standard InChI is InChI=1S/C12H21BrN4O/c1-5-9-12(13)10(16(4)15-9)7-17(6-2)8-11(18)14-3/h5-8H2,1-4H3,(H,14,18). The third-order valence-electron chi connectivity index (χ3n) is 2.97. The van der Waals surface area contributed by atoms with Crippen molar-refractivity contribution in [2.24, 2.45) is 7.05 Å². The van der Waals surface area contributed by atoms with Crippen LogP contribution in [0.4, 0.5) is 0 Å². The number of halogens is 1. The lowest BCUT2D eigenvalue weighted by molar-refractivity contribution is -0.121. The molecule has 102 valence electrons. The zero-order chi connectivity index (χ0) is 13.7. The van der Waals surface area contributed by atoms with E-state index in [9.17, 15) is 4.79 Å². The largest absolute Gasteiger partial charge is 0.358 e. The molecule has 0 atom stereocenters. The maximum atomic E-state index is 11.4. The molecule has 1 rings (SSSR count). The van der Waals surface area contributed by atoms with Crippen LogP contribution in [0.15, 0.2) is 4.47 Å². The summed E-state index contributed by atoms with van der Waals surface area (Å²) >= 11 is 3.59. The van der Waals surface area contributed by atoms with E-state index < -0.39 is 0 Å². The summed E-state index contributed by atoms with van der Waals surface area (Å²) in [5.74, 6) is 0.0332. The second-order valence-electron chi connectivity index (χ2n) is 4.16. The summed E-state index contributed by atoms with van der Waals surface area (Å²) in [6.07, 6.45) is 0.899. The molecule has 1 heterocycles. The topological polar surface area (TPSA) is 50.2 Å². The number of amides is 1. The van der Waals surface area contributed by atoms with E-state index in [0.717, 1.165) is 28.8 Å². The van der Waals surface area contributed by atoms with Crippen LogP contribution < -0.4 is 5.32 Å². The van der Waals surface area contributed by atoms with Crippen LogP contribution in [0.25, 0.3) is 0 Å². The number of aryl methyl sites for hydroxylation is 2. The third kappa shape index (κ3) is 3.55. The van der Waals surface area contributed by atoms with Crippen molar-refractivity contribution >= 4 is 21.8 Å². The number of likely N-dealkylation sites (N-methyl/N-ethyl adjacent to an activating group) is 2. The number of nitrogens with zero attached hydrogens (tertiary/aromatic N) is 3. The van der Waals surface area contributed by atoms with Gasteiger partial charge in [-0.3, -0.25) is 14.4 Å². The van der Waals surface area contributed by atoms with Crippen LogP contribution in [0, 0.1) is 0 Å². The molecule has 0 aliphatic rings. The first kappa shape index (κ1) is 15.2. The van der Waals surface area contributed by atoms with Crippen molar-refractivity contribution in [1.29, 1.82) is 0 Å². The molecule has 1 N–H and O–H groups in total. The zero-order valence-electron chi connectivity index (χ0n) is 11.5. The molecule has 0 aliphatic carbocycles. The van der Waals surface area contributed by atoms with Gasteiger partial charge in [0, 0.05) is 20.6 Å². The van der Waals surface area contributed by atoms with Gasteiger partial charge in [-0.05, 0) is 28.9 Å². The van der Waals surface area contributed by atoms with E-state index in [0.29, 0.717) is 13.1 Å². The van der Waals surface area contributed by atoms with E-state index >= 15 is 0 Å². The average Bonchev–Trinajstić information content (AvgIpc) is 2.64. The normalized spacial score (nSPS) is 11.0. The fourth-order valence-electron chi connectivity index (χ4n) is 1.77. The van der Waals surface area contributed by atoms with Crippen molar-refractivity contribution < 1.29 is 4.79 Å². The first-order valence-corrected chi connectivity index (χ1v) is 6.95. The summed E-state index contributed by atoms with van der Waals surface area (Å²) in [7, 11) is 3.60. The quantitative estimate of drug-likeness (QED) is 0.861. The molecular formula is C12H21BrN4O. The van der Waals surface area contributed by atoms with Crippen LogP contribution in [0.3, 0.4) is 0 Å². The van der Waals surface area contributed by atoms with Gasteiger partial charge in [-0.15, -0.1) is 0 Å². The molecule has 0 saturated carbocycles. The molecule has 0 radical (unpaired) electrons. The summed E-state index contributed by atoms with van der Waals surface area (Å²) in [6, 6.07) is 0. The van der Waals surface area contributed by atoms with Crippen molar-refractivity contribution in [2.45, 2.75) is 26.8 Å². The Kier molecular flexibility index (Phi) is 5.81. The average molecular weight is 317 g/mol. The van der Waals surface area contributed by atoms with Gasteiger partial charge in [0.2, 0.25) is 5.91 Å². The number of carbonyl (C=O) groups excluding carboxylic acids is 1. The Morgan fingerprint density at radius 2 is 2.17 bits per heavy atom. The Hall–Kier alpha value is -0.880. The van der Waals surface area contributed by atoms with Crippen molar-refractivity contribution in [1.82, 2.24) is 20.0 Å². The maximum absolute atomic E-state index is 11.4. The second kappa shape index (κ2) is 6.89. The fourth-order valence-corrected chi connectivity index (χ4v) is 2.51. The van der Waals surface area contributed by atoms with Crippen molar-refractivity contribution in [2.75, 3.05) is 20.1 Å². The van der Waals surface area contributed by atoms with Crippen molar-refractivity contribution in [3.63, 3.8) is 0 Å². The minimum absolute atomic E-state index is 0.0332. The molecule has 6 heteroatoms. The molecule has 0 aliphatic heterocycles. The van der Waals surface area contributed by atoms with E-state index in [-0.39, 0.29) is 5.91 Å². The minimum atomic E-state index is 0.0332. The number of hydrogen-bond donors (Lipinski definition) is 1. The van der Waals surface area contributed by atoms with Gasteiger partial charge in [-0.1, -0.05) is 13.8 Å². The number of carbonyl (C=O) groups is 1. The zero-order valence-corrected chi connectivity index (χ0v) is 13.0. The third-order valence-corrected chi connectivity index (χ3v) is 3.88. The molecule has 0 aromatic carbocycles. The Morgan fingerprint density at radius 3 is 2.61 bits per heavy atom. The van der Waals surface area contributed by atoms with E-state index in [2.05, 4.69) is 38.2 Å². The fraction of sp³-hybridized carbons (Fsp3) is 0.667. The summed E-state index contributed by atoms with van der Waals surface area (Å²) in [6.45, 7) is 6.08. The molecular weight excluding hydrogens is 296 g/mol. The summed E-state index contributed by atoms with van der Waals surface area (Å²) in [5.41, 5.74) is 2.17. The van der Waals surface area contributed by atoms with Gasteiger partial charge < -0.3 is 5.32 Å². The van der Waals surface area contributed by atoms with Crippen LogP contribution in [-0.4, -0.2) is 40.7 Å². The van der Waals surface area contributed by atoms with Gasteiger partial charge in [-0.25, -0.2) is 0 Å². The molecule has 0 bridgehead atoms. The van der Waals surface area contributed by atoms with Gasteiger partial charge in [0.1, 0.15) is 0 Å². The van der Waals surface area contributed by atoms with Crippen molar-refractivity contribution in [3.8, 4) is 0 Å². The number of aromatic nitrogens is 2. The number of rotatable bonds is 6. The molecule has 18 heavy (non-hydrogen) atoms. The van der Waals surface area contributed by atoms with Gasteiger partial charge in [0.25, 0.3) is 0 Å². The smallest absolute Gasteiger partial charge is 0.233 e. The van der Waals surface area contributed by atoms with Gasteiger partial charge in [0.05, 0.1) is 22.4 Å². The monoisotopic (exact) mass is 316 g/mol. The predicted molar refractivity (Wildman–Crippen MR) is 75.3 cm³/mol. The molecule has 1 amide bonds. The molecule has 1 aromatic rings. The highest BCUT2D eigenvalue weighted by molar-refractivity contribution is 9.10. The summed E-state index contributed by atoms with van der Waals surface area (Å²) in [5, 5.41) is 7.10. The Labute approximate surface area is 117 Å². The van der Waals surface area contributed by atoms with Gasteiger partial charge in [0.15, 0.2) is 0 Å². The number of hydrogen-bond acceptors (Lipinski definition) is 3. The van der Waals surface area contributed by atoms with Crippen LogP contribution >= 0.6 is 15.9 Å². The van der Waals surface area contributed by atoms with Gasteiger partial charge in [-0.2, -0.15) is 5.10 Å². The van der Waals surface area contributed by atoms with E-state index in [1.807, 2.05) is 18.7 Å². The Morgan fingerprint density at radius 1 is 1.50 bits per heavy atom. The first-order valence-electron chi connectivity index (χ1n) is 6.16. The van der Waals surface area contributed by atoms with Crippen LogP contribution in [0.2, 0.25) is 0 Å². The van der Waals surface area contributed by atoms with Crippen LogP contribution in [0.1, 0.15) is 25.2 Å². The second-order valence-corrected chi connectivity index (χ2v) is 4.95. The lowest BCUT2D eigenvalue weighted by atomic mass is 10.3. The van der Waals surface area contributed by atoms with Crippen LogP contribution in [-0.2, 0) is 24.8 Å². The number of nitrogens with one attached hydrogen (secondary N) is 1. The molecule has 0 saturated heterocycles. The van der Waals surface area contributed by atoms with E-state index in [4.69, 9.17) is 0 Å². The van der Waals surface area contributed by atoms with Gasteiger partial charge >= 0.3 is 0 Å². The molecule has 0 unspecified atom stereocenters. The molecule has 1 aromatic heterocycles. The molecule has 5 nitrogen and oxygen atoms in total. The predicted octanol–water partition coefficient (Wildman–Crippen LogP) is 1.31. The molecule has 0 spiro atoms. The first-order chi connectivity index (χ1) is 8.53. The lowest BCUT2D eigenvalue weighted by Crippen LogP contribution is -2.35. The van der Waals surface area contributed by atoms with Crippen molar-refractivity contribution in [3.05, 3.63) is 15.9 Å². The maximum Gasteiger partial charge on any atom is 0.233 e. The Bertz CT molecular complexity index is 416. The molecule has 0 fully saturated rings. The summed E-state index contributed by atoms with van der Waals surface area (Å²) in [4.78, 5) is 13.5. The van der Waals surface area contributed by atoms with E-state index in [1.165, 1.54) is 0 Å². The minimum Gasteiger partial charge on any atom is -0.358 e.